The molecule has 0 unspecified atom stereocenters. The first-order valence-electron chi connectivity index (χ1n) is 9.22. The van der Waals surface area contributed by atoms with Crippen LogP contribution in [-0.4, -0.2) is 19.9 Å². The molecule has 4 aromatic heterocycles. The van der Waals surface area contributed by atoms with Crippen molar-refractivity contribution in [3.8, 4) is 22.3 Å². The Bertz CT molecular complexity index is 1090. The van der Waals surface area contributed by atoms with Crippen molar-refractivity contribution in [2.45, 2.75) is 23.6 Å². The fourth-order valence-corrected chi connectivity index (χ4v) is 5.19. The van der Waals surface area contributed by atoms with Crippen LogP contribution in [0.15, 0.2) is 71.0 Å². The van der Waals surface area contributed by atoms with E-state index >= 15 is 0 Å². The van der Waals surface area contributed by atoms with Gasteiger partial charge in [0, 0.05) is 47.3 Å². The highest BCUT2D eigenvalue weighted by atomic mass is 33.1. The average molecular weight is 433 g/mol. The fourth-order valence-electron chi connectivity index (χ4n) is 3.08. The Balaban J connectivity index is 1.64. The zero-order valence-electron chi connectivity index (χ0n) is 16.5. The van der Waals surface area contributed by atoms with Crippen molar-refractivity contribution in [2.24, 2.45) is 0 Å². The number of nitrogens with two attached hydrogens (primary N) is 2. The number of nitrogens with zero attached hydrogens (tertiary/aromatic N) is 4. The van der Waals surface area contributed by atoms with Gasteiger partial charge in [-0.05, 0) is 83.0 Å². The first-order valence-corrected chi connectivity index (χ1v) is 11.4. The summed E-state index contributed by atoms with van der Waals surface area (Å²) in [5, 5.41) is 0. The van der Waals surface area contributed by atoms with Gasteiger partial charge in [0.1, 0.15) is 11.6 Å². The minimum atomic E-state index is 0.496. The maximum Gasteiger partial charge on any atom is 0.138 e. The van der Waals surface area contributed by atoms with Crippen molar-refractivity contribution in [3.05, 3.63) is 72.6 Å². The first-order chi connectivity index (χ1) is 14.5. The van der Waals surface area contributed by atoms with Crippen molar-refractivity contribution < 1.29 is 0 Å². The van der Waals surface area contributed by atoms with E-state index < -0.39 is 0 Å². The molecule has 0 atom stereocenters. The Morgan fingerprint density at radius 1 is 0.633 bits per heavy atom. The van der Waals surface area contributed by atoms with E-state index in [1.807, 2.05) is 38.1 Å². The Labute approximate surface area is 183 Å². The Morgan fingerprint density at radius 3 is 1.37 bits per heavy atom. The summed E-state index contributed by atoms with van der Waals surface area (Å²) in [6, 6.07) is 12.0. The molecule has 4 rings (SSSR count). The van der Waals surface area contributed by atoms with Crippen LogP contribution in [0.5, 0.6) is 0 Å². The predicted octanol–water partition coefficient (Wildman–Crippen LogP) is 5.18. The van der Waals surface area contributed by atoms with Crippen LogP contribution >= 0.6 is 21.6 Å². The van der Waals surface area contributed by atoms with E-state index in [0.717, 1.165) is 43.4 Å². The largest absolute Gasteiger partial charge is 0.383 e. The lowest BCUT2D eigenvalue weighted by Crippen LogP contribution is -1.98. The SMILES string of the molecule is Cc1nc(N)c(SSc2cc(-c3ccncc3)c(C)nc2N)cc1-c1ccncc1. The lowest BCUT2D eigenvalue weighted by Gasteiger charge is -2.13. The molecule has 0 radical (unpaired) electrons. The number of aromatic nitrogens is 4. The second kappa shape index (κ2) is 8.73. The highest BCUT2D eigenvalue weighted by molar-refractivity contribution is 8.76. The van der Waals surface area contributed by atoms with E-state index in [-0.39, 0.29) is 0 Å². The minimum absolute atomic E-state index is 0.496. The summed E-state index contributed by atoms with van der Waals surface area (Å²) >= 11 is 0. The summed E-state index contributed by atoms with van der Waals surface area (Å²) in [6.07, 6.45) is 7.08. The molecule has 150 valence electrons. The van der Waals surface area contributed by atoms with Crippen LogP contribution in [0.2, 0.25) is 0 Å². The summed E-state index contributed by atoms with van der Waals surface area (Å²) in [7, 11) is 3.05. The standard InChI is InChI=1S/C22H20N6S2/c1-13-17(15-3-7-25-8-4-15)11-19(21(23)27-13)29-30-20-12-18(14(2)28-22(20)24)16-5-9-26-10-6-16/h3-12H,1-2H3,(H2,23,27)(H2,24,28). The Kier molecular flexibility index (Phi) is 5.87. The van der Waals surface area contributed by atoms with Crippen LogP contribution in [0, 0.1) is 13.8 Å². The molecule has 0 aromatic carbocycles. The van der Waals surface area contributed by atoms with Crippen molar-refractivity contribution in [1.29, 1.82) is 0 Å². The molecule has 4 heterocycles. The quantitative estimate of drug-likeness (QED) is 0.416. The fraction of sp³-hybridized carbons (Fsp3) is 0.0909. The number of nitrogen functional groups attached to an aromatic ring is 2. The van der Waals surface area contributed by atoms with Crippen molar-refractivity contribution in [2.75, 3.05) is 11.5 Å². The van der Waals surface area contributed by atoms with Gasteiger partial charge < -0.3 is 11.5 Å². The monoisotopic (exact) mass is 432 g/mol. The van der Waals surface area contributed by atoms with Gasteiger partial charge in [-0.1, -0.05) is 0 Å². The van der Waals surface area contributed by atoms with Gasteiger partial charge in [-0.3, -0.25) is 9.97 Å². The summed E-state index contributed by atoms with van der Waals surface area (Å²) < 4.78 is 0. The number of aryl methyl sites for hydroxylation is 2. The second-order valence-electron chi connectivity index (χ2n) is 6.65. The molecule has 0 aliphatic heterocycles. The van der Waals surface area contributed by atoms with Gasteiger partial charge in [-0.25, -0.2) is 9.97 Å². The minimum Gasteiger partial charge on any atom is -0.383 e. The highest BCUT2D eigenvalue weighted by Gasteiger charge is 2.14. The van der Waals surface area contributed by atoms with Crippen LogP contribution < -0.4 is 11.5 Å². The van der Waals surface area contributed by atoms with Gasteiger partial charge in [0.05, 0.1) is 9.79 Å². The van der Waals surface area contributed by atoms with E-state index in [0.29, 0.717) is 11.6 Å². The molecule has 4 aromatic rings. The summed E-state index contributed by atoms with van der Waals surface area (Å²) in [4.78, 5) is 19.0. The van der Waals surface area contributed by atoms with Crippen LogP contribution in [-0.2, 0) is 0 Å². The number of rotatable bonds is 5. The molecular formula is C22H20N6S2. The Hall–Kier alpha value is -3.10. The number of pyridine rings is 4. The van der Waals surface area contributed by atoms with E-state index in [1.54, 1.807) is 24.8 Å². The van der Waals surface area contributed by atoms with E-state index in [4.69, 9.17) is 11.5 Å². The first kappa shape index (κ1) is 20.2. The molecule has 8 heteroatoms. The zero-order valence-corrected chi connectivity index (χ0v) is 18.2. The van der Waals surface area contributed by atoms with Crippen molar-refractivity contribution in [3.63, 3.8) is 0 Å². The van der Waals surface area contributed by atoms with E-state index in [1.165, 1.54) is 21.6 Å². The molecule has 6 nitrogen and oxygen atoms in total. The molecule has 0 bridgehead atoms. The van der Waals surface area contributed by atoms with Gasteiger partial charge >= 0.3 is 0 Å². The smallest absolute Gasteiger partial charge is 0.138 e. The second-order valence-corrected chi connectivity index (χ2v) is 8.86. The lowest BCUT2D eigenvalue weighted by molar-refractivity contribution is 1.16. The summed E-state index contributed by atoms with van der Waals surface area (Å²) in [5.74, 6) is 0.992. The number of hydrogen-bond donors (Lipinski definition) is 2. The predicted molar refractivity (Wildman–Crippen MR) is 125 cm³/mol. The van der Waals surface area contributed by atoms with Crippen LogP contribution in [0.4, 0.5) is 11.6 Å². The molecule has 0 spiro atoms. The third-order valence-corrected chi connectivity index (χ3v) is 7.04. The lowest BCUT2D eigenvalue weighted by atomic mass is 10.1. The van der Waals surface area contributed by atoms with Gasteiger partial charge in [0.25, 0.3) is 0 Å². The molecule has 0 fully saturated rings. The maximum atomic E-state index is 6.20. The molecule has 30 heavy (non-hydrogen) atoms. The topological polar surface area (TPSA) is 104 Å². The summed E-state index contributed by atoms with van der Waals surface area (Å²) in [6.45, 7) is 3.91. The van der Waals surface area contributed by atoms with E-state index in [9.17, 15) is 0 Å². The van der Waals surface area contributed by atoms with Crippen LogP contribution in [0.3, 0.4) is 0 Å². The van der Waals surface area contributed by atoms with Crippen LogP contribution in [0.25, 0.3) is 22.3 Å². The highest BCUT2D eigenvalue weighted by Crippen LogP contribution is 2.44. The molecule has 4 N–H and O–H groups in total. The molecule has 0 saturated heterocycles. The molecule has 0 saturated carbocycles. The summed E-state index contributed by atoms with van der Waals surface area (Å²) in [5.41, 5.74) is 18.3. The third kappa shape index (κ3) is 4.24. The van der Waals surface area contributed by atoms with Gasteiger partial charge in [0.2, 0.25) is 0 Å². The number of hydrogen-bond acceptors (Lipinski definition) is 8. The van der Waals surface area contributed by atoms with E-state index in [2.05, 4.69) is 32.1 Å². The Morgan fingerprint density at radius 2 is 1.00 bits per heavy atom. The normalized spacial score (nSPS) is 10.9. The van der Waals surface area contributed by atoms with Gasteiger partial charge in [0.15, 0.2) is 0 Å². The molecule has 0 amide bonds. The van der Waals surface area contributed by atoms with Gasteiger partial charge in [-0.2, -0.15) is 0 Å². The van der Waals surface area contributed by atoms with Crippen molar-refractivity contribution in [1.82, 2.24) is 19.9 Å². The maximum absolute atomic E-state index is 6.20. The van der Waals surface area contributed by atoms with Gasteiger partial charge in [-0.15, -0.1) is 0 Å². The zero-order chi connectivity index (χ0) is 21.1. The van der Waals surface area contributed by atoms with Crippen molar-refractivity contribution >= 4 is 33.2 Å². The number of anilines is 2. The average Bonchev–Trinajstić information content (AvgIpc) is 2.75. The molecule has 0 aliphatic carbocycles. The molecule has 0 aliphatic rings. The van der Waals surface area contributed by atoms with Crippen LogP contribution in [0.1, 0.15) is 11.4 Å². The molecular weight excluding hydrogens is 412 g/mol. The third-order valence-electron chi connectivity index (χ3n) is 4.62.